The molecule has 0 unspecified atom stereocenters. The van der Waals surface area contributed by atoms with Crippen LogP contribution >= 0.6 is 0 Å². The molecule has 0 aliphatic heterocycles. The molecule has 1 amide bonds. The summed E-state index contributed by atoms with van der Waals surface area (Å²) >= 11 is 0. The van der Waals surface area contributed by atoms with Crippen LogP contribution in [-0.2, 0) is 0 Å². The second kappa shape index (κ2) is 4.68. The van der Waals surface area contributed by atoms with Gasteiger partial charge in [0.2, 0.25) is 0 Å². The van der Waals surface area contributed by atoms with Crippen LogP contribution in [0, 0.1) is 22.9 Å². The summed E-state index contributed by atoms with van der Waals surface area (Å²) in [4.78, 5) is 21.6. The minimum Gasteiger partial charge on any atom is -0.338 e. The van der Waals surface area contributed by atoms with Crippen molar-refractivity contribution in [2.75, 3.05) is 0 Å². The number of aryl methyl sites for hydroxylation is 1. The van der Waals surface area contributed by atoms with E-state index in [1.54, 1.807) is 5.32 Å². The molecule has 1 aliphatic rings. The molecule has 1 N–H and O–H groups in total. The third kappa shape index (κ3) is 2.67. The first-order valence-electron chi connectivity index (χ1n) is 5.91. The zero-order chi connectivity index (χ0) is 16.0. The molecule has 1 aliphatic carbocycles. The zero-order valence-corrected chi connectivity index (χ0v) is 10.8. The van der Waals surface area contributed by atoms with Crippen LogP contribution in [0.5, 0.6) is 0 Å². The van der Waals surface area contributed by atoms with Crippen molar-refractivity contribution in [3.8, 4) is 0 Å². The van der Waals surface area contributed by atoms with Gasteiger partial charge in [0.05, 0.1) is 10.5 Å². The number of rotatable bonds is 3. The molecule has 0 aromatic heterocycles. The summed E-state index contributed by atoms with van der Waals surface area (Å²) in [6.07, 6.45) is -5.23. The number of hydrogen-bond donors (Lipinski definition) is 1. The monoisotopic (exact) mass is 306 g/mol. The first-order chi connectivity index (χ1) is 9.57. The van der Waals surface area contributed by atoms with Gasteiger partial charge >= 0.3 is 6.18 Å². The summed E-state index contributed by atoms with van der Waals surface area (Å²) in [6, 6.07) is 1.53. The normalized spacial score (nSPS) is 16.4. The summed E-state index contributed by atoms with van der Waals surface area (Å²) < 4.78 is 52.1. The van der Waals surface area contributed by atoms with Gasteiger partial charge in [-0.25, -0.2) is 4.39 Å². The van der Waals surface area contributed by atoms with Crippen LogP contribution in [-0.4, -0.2) is 22.5 Å². The Morgan fingerprint density at radius 3 is 2.38 bits per heavy atom. The molecular weight excluding hydrogens is 296 g/mol. The van der Waals surface area contributed by atoms with Crippen LogP contribution in [0.1, 0.15) is 28.8 Å². The van der Waals surface area contributed by atoms with Crippen LogP contribution in [0.15, 0.2) is 12.1 Å². The number of nitrogens with zero attached hydrogens (tertiary/aromatic N) is 1. The average Bonchev–Trinajstić information content (AvgIpc) is 3.12. The number of hydrogen-bond acceptors (Lipinski definition) is 3. The molecule has 1 aromatic rings. The van der Waals surface area contributed by atoms with E-state index in [0.29, 0.717) is 6.07 Å². The van der Waals surface area contributed by atoms with E-state index in [1.807, 2.05) is 0 Å². The lowest BCUT2D eigenvalue weighted by molar-refractivity contribution is -0.385. The Morgan fingerprint density at radius 2 is 1.95 bits per heavy atom. The van der Waals surface area contributed by atoms with E-state index in [2.05, 4.69) is 0 Å². The van der Waals surface area contributed by atoms with Gasteiger partial charge in [0.15, 0.2) is 0 Å². The molecule has 9 heteroatoms. The molecule has 1 saturated carbocycles. The van der Waals surface area contributed by atoms with Crippen molar-refractivity contribution in [1.29, 1.82) is 0 Å². The number of benzene rings is 1. The second-order valence-corrected chi connectivity index (χ2v) is 4.92. The van der Waals surface area contributed by atoms with Crippen molar-refractivity contribution in [3.05, 3.63) is 39.2 Å². The van der Waals surface area contributed by atoms with Crippen LogP contribution < -0.4 is 5.32 Å². The van der Waals surface area contributed by atoms with Crippen LogP contribution in [0.2, 0.25) is 0 Å². The van der Waals surface area contributed by atoms with E-state index in [0.717, 1.165) is 6.07 Å². The third-order valence-electron chi connectivity index (χ3n) is 3.34. The quantitative estimate of drug-likeness (QED) is 0.530. The van der Waals surface area contributed by atoms with Gasteiger partial charge in [-0.15, -0.1) is 0 Å². The standard InChI is InChI=1S/C12H10F4N2O3/c1-6-4-7(18(20)21)5-8(9(6)13)10(19)17-11(2-3-11)12(14,15)16/h4-5H,2-3H2,1H3,(H,17,19). The molecule has 0 saturated heterocycles. The highest BCUT2D eigenvalue weighted by atomic mass is 19.4. The number of carbonyl (C=O) groups is 1. The largest absolute Gasteiger partial charge is 0.411 e. The van der Waals surface area contributed by atoms with E-state index < -0.39 is 39.6 Å². The van der Waals surface area contributed by atoms with Gasteiger partial charge in [-0.3, -0.25) is 14.9 Å². The predicted octanol–water partition coefficient (Wildman–Crippen LogP) is 2.87. The zero-order valence-electron chi connectivity index (χ0n) is 10.8. The lowest BCUT2D eigenvalue weighted by Crippen LogP contribution is -2.48. The van der Waals surface area contributed by atoms with Crippen molar-refractivity contribution < 1.29 is 27.3 Å². The molecule has 0 atom stereocenters. The fraction of sp³-hybridized carbons (Fsp3) is 0.417. The van der Waals surface area contributed by atoms with E-state index in [1.165, 1.54) is 6.92 Å². The van der Waals surface area contributed by atoms with Crippen LogP contribution in [0.25, 0.3) is 0 Å². The van der Waals surface area contributed by atoms with Gasteiger partial charge in [0.1, 0.15) is 11.4 Å². The maximum atomic E-state index is 13.8. The van der Waals surface area contributed by atoms with Crippen molar-refractivity contribution in [2.45, 2.75) is 31.5 Å². The van der Waals surface area contributed by atoms with Crippen LogP contribution in [0.3, 0.4) is 0 Å². The summed E-state index contributed by atoms with van der Waals surface area (Å²) in [6.45, 7) is 1.19. The molecule has 0 bridgehead atoms. The van der Waals surface area contributed by atoms with Gasteiger partial charge in [-0.2, -0.15) is 13.2 Å². The van der Waals surface area contributed by atoms with E-state index in [4.69, 9.17) is 0 Å². The Kier molecular flexibility index (Phi) is 3.38. The topological polar surface area (TPSA) is 72.2 Å². The molecule has 21 heavy (non-hydrogen) atoms. The highest BCUT2D eigenvalue weighted by molar-refractivity contribution is 5.96. The number of nitro benzene ring substituents is 1. The SMILES string of the molecule is Cc1cc([N+](=O)[O-])cc(C(=O)NC2(C(F)(F)F)CC2)c1F. The number of non-ortho nitro benzene ring substituents is 1. The minimum absolute atomic E-state index is 0.189. The average molecular weight is 306 g/mol. The minimum atomic E-state index is -4.64. The molecule has 0 spiro atoms. The van der Waals surface area contributed by atoms with Gasteiger partial charge in [0.25, 0.3) is 11.6 Å². The highest BCUT2D eigenvalue weighted by Gasteiger charge is 2.64. The maximum Gasteiger partial charge on any atom is 0.411 e. The number of nitrogens with one attached hydrogen (secondary N) is 1. The van der Waals surface area contributed by atoms with Crippen molar-refractivity contribution in [2.24, 2.45) is 0 Å². The first-order valence-corrected chi connectivity index (χ1v) is 5.91. The van der Waals surface area contributed by atoms with E-state index in [9.17, 15) is 32.5 Å². The number of alkyl halides is 3. The molecule has 0 heterocycles. The Balaban J connectivity index is 2.34. The number of nitro groups is 1. The summed E-state index contributed by atoms with van der Waals surface area (Å²) in [5.41, 5.74) is -3.87. The van der Waals surface area contributed by atoms with Crippen molar-refractivity contribution >= 4 is 11.6 Å². The highest BCUT2D eigenvalue weighted by Crippen LogP contribution is 2.49. The first kappa shape index (κ1) is 15.2. The Morgan fingerprint density at radius 1 is 1.38 bits per heavy atom. The lowest BCUT2D eigenvalue weighted by Gasteiger charge is -2.20. The van der Waals surface area contributed by atoms with Crippen molar-refractivity contribution in [1.82, 2.24) is 5.32 Å². The van der Waals surface area contributed by atoms with Gasteiger partial charge in [-0.1, -0.05) is 0 Å². The summed E-state index contributed by atoms with van der Waals surface area (Å²) in [5, 5.41) is 12.4. The lowest BCUT2D eigenvalue weighted by atomic mass is 10.1. The number of carbonyl (C=O) groups excluding carboxylic acids is 1. The van der Waals surface area contributed by atoms with Gasteiger partial charge < -0.3 is 5.32 Å². The van der Waals surface area contributed by atoms with E-state index >= 15 is 0 Å². The Hall–Kier alpha value is -2.19. The van der Waals surface area contributed by atoms with Crippen LogP contribution in [0.4, 0.5) is 23.2 Å². The maximum absolute atomic E-state index is 13.8. The number of halogens is 4. The molecule has 114 valence electrons. The third-order valence-corrected chi connectivity index (χ3v) is 3.34. The van der Waals surface area contributed by atoms with Gasteiger partial charge in [-0.05, 0) is 25.3 Å². The molecule has 0 radical (unpaired) electrons. The second-order valence-electron chi connectivity index (χ2n) is 4.92. The summed E-state index contributed by atoms with van der Waals surface area (Å²) in [5.74, 6) is -2.38. The molecule has 1 fully saturated rings. The fourth-order valence-electron chi connectivity index (χ4n) is 1.91. The number of amides is 1. The Labute approximate surface area is 116 Å². The molecule has 2 rings (SSSR count). The van der Waals surface area contributed by atoms with Crippen molar-refractivity contribution in [3.63, 3.8) is 0 Å². The smallest absolute Gasteiger partial charge is 0.338 e. The predicted molar refractivity (Wildman–Crippen MR) is 63.3 cm³/mol. The molecule has 1 aromatic carbocycles. The van der Waals surface area contributed by atoms with E-state index in [-0.39, 0.29) is 18.4 Å². The molecular formula is C12H10F4N2O3. The van der Waals surface area contributed by atoms with Gasteiger partial charge in [0, 0.05) is 12.1 Å². The fourth-order valence-corrected chi connectivity index (χ4v) is 1.91. The summed E-state index contributed by atoms with van der Waals surface area (Å²) in [7, 11) is 0. The molecule has 5 nitrogen and oxygen atoms in total. The Bertz CT molecular complexity index is 624.